The molecule has 30 heavy (non-hydrogen) atoms. The average molecular weight is 400 g/mol. The summed E-state index contributed by atoms with van der Waals surface area (Å²) in [7, 11) is 1.60. The van der Waals surface area contributed by atoms with Crippen LogP contribution in [0.1, 0.15) is 21.5 Å². The van der Waals surface area contributed by atoms with Crippen LogP contribution >= 0.6 is 0 Å². The van der Waals surface area contributed by atoms with E-state index in [-0.39, 0.29) is 17.6 Å². The molecule has 0 unspecified atom stereocenters. The van der Waals surface area contributed by atoms with Gasteiger partial charge in [0.15, 0.2) is 11.5 Å². The first-order valence-corrected chi connectivity index (χ1v) is 9.43. The van der Waals surface area contributed by atoms with Gasteiger partial charge in [-0.3, -0.25) is 9.59 Å². The Morgan fingerprint density at radius 1 is 1.07 bits per heavy atom. The van der Waals surface area contributed by atoms with Gasteiger partial charge in [-0.25, -0.2) is 0 Å². The normalized spacial score (nSPS) is 13.8. The summed E-state index contributed by atoms with van der Waals surface area (Å²) in [5.41, 5.74) is 2.67. The summed E-state index contributed by atoms with van der Waals surface area (Å²) in [5, 5.41) is 5.65. The fourth-order valence-electron chi connectivity index (χ4n) is 3.07. The van der Waals surface area contributed by atoms with Gasteiger partial charge in [-0.1, -0.05) is 42.5 Å². The van der Waals surface area contributed by atoms with Crippen LogP contribution < -0.4 is 20.1 Å². The standard InChI is InChI=1S/C24H20N2O4/c1-29-19-9-5-8-17(12-19)15-25-23(27)18-10-11-21-20(14-18)26-24(28)22(30-21)13-16-6-3-2-4-7-16/h2-14H,15H2,1H3,(H,25,27)(H,26,28)/b22-13-. The van der Waals surface area contributed by atoms with E-state index in [1.165, 1.54) is 0 Å². The van der Waals surface area contributed by atoms with E-state index in [9.17, 15) is 9.59 Å². The lowest BCUT2D eigenvalue weighted by atomic mass is 10.1. The molecular weight excluding hydrogens is 380 g/mol. The molecule has 2 amide bonds. The Bertz CT molecular complexity index is 1120. The lowest BCUT2D eigenvalue weighted by molar-refractivity contribution is -0.115. The van der Waals surface area contributed by atoms with E-state index >= 15 is 0 Å². The SMILES string of the molecule is COc1cccc(CNC(=O)c2ccc3c(c2)NC(=O)/C(=C/c2ccccc2)O3)c1. The maximum absolute atomic E-state index is 12.5. The molecular formula is C24H20N2O4. The molecule has 1 aliphatic rings. The van der Waals surface area contributed by atoms with Crippen molar-refractivity contribution in [2.24, 2.45) is 0 Å². The lowest BCUT2D eigenvalue weighted by Crippen LogP contribution is -2.25. The molecule has 3 aromatic carbocycles. The van der Waals surface area contributed by atoms with Crippen molar-refractivity contribution in [2.45, 2.75) is 6.54 Å². The Kier molecular flexibility index (Phi) is 5.48. The Morgan fingerprint density at radius 2 is 1.90 bits per heavy atom. The van der Waals surface area contributed by atoms with E-state index in [4.69, 9.17) is 9.47 Å². The molecule has 6 nitrogen and oxygen atoms in total. The van der Waals surface area contributed by atoms with Crippen molar-refractivity contribution in [2.75, 3.05) is 12.4 Å². The van der Waals surface area contributed by atoms with Crippen LogP contribution in [0.25, 0.3) is 6.08 Å². The maximum Gasteiger partial charge on any atom is 0.291 e. The van der Waals surface area contributed by atoms with Crippen LogP contribution in [-0.2, 0) is 11.3 Å². The summed E-state index contributed by atoms with van der Waals surface area (Å²) < 4.78 is 10.9. The van der Waals surface area contributed by atoms with Crippen LogP contribution in [0.4, 0.5) is 5.69 Å². The molecule has 1 heterocycles. The molecule has 0 spiro atoms. The van der Waals surface area contributed by atoms with E-state index < -0.39 is 0 Å². The molecule has 3 aromatic rings. The van der Waals surface area contributed by atoms with Gasteiger partial charge in [0.1, 0.15) is 5.75 Å². The second-order valence-electron chi connectivity index (χ2n) is 6.72. The number of anilines is 1. The van der Waals surface area contributed by atoms with Crippen molar-refractivity contribution >= 4 is 23.6 Å². The molecule has 4 rings (SSSR count). The van der Waals surface area contributed by atoms with Crippen LogP contribution in [-0.4, -0.2) is 18.9 Å². The van der Waals surface area contributed by atoms with Gasteiger partial charge in [0.05, 0.1) is 12.8 Å². The zero-order chi connectivity index (χ0) is 20.9. The molecule has 0 bridgehead atoms. The van der Waals surface area contributed by atoms with Gasteiger partial charge in [-0.05, 0) is 47.5 Å². The highest BCUT2D eigenvalue weighted by atomic mass is 16.5. The quantitative estimate of drug-likeness (QED) is 0.635. The first-order valence-electron chi connectivity index (χ1n) is 9.43. The highest BCUT2D eigenvalue weighted by Crippen LogP contribution is 2.32. The van der Waals surface area contributed by atoms with Crippen LogP contribution in [0.5, 0.6) is 11.5 Å². The monoisotopic (exact) mass is 400 g/mol. The van der Waals surface area contributed by atoms with E-state index in [2.05, 4.69) is 10.6 Å². The van der Waals surface area contributed by atoms with Crippen molar-refractivity contribution < 1.29 is 19.1 Å². The number of hydrogen-bond acceptors (Lipinski definition) is 4. The number of ether oxygens (including phenoxy) is 2. The fraction of sp³-hybridized carbons (Fsp3) is 0.0833. The minimum Gasteiger partial charge on any atom is -0.497 e. The van der Waals surface area contributed by atoms with Gasteiger partial charge in [0, 0.05) is 12.1 Å². The topological polar surface area (TPSA) is 76.7 Å². The van der Waals surface area contributed by atoms with Gasteiger partial charge in [0.2, 0.25) is 0 Å². The minimum atomic E-state index is -0.361. The second-order valence-corrected chi connectivity index (χ2v) is 6.72. The average Bonchev–Trinajstić information content (AvgIpc) is 2.78. The fourth-order valence-corrected chi connectivity index (χ4v) is 3.07. The number of amides is 2. The molecule has 1 aliphatic heterocycles. The summed E-state index contributed by atoms with van der Waals surface area (Å²) in [5.74, 6) is 0.806. The zero-order valence-electron chi connectivity index (χ0n) is 16.3. The Morgan fingerprint density at radius 3 is 2.70 bits per heavy atom. The summed E-state index contributed by atoms with van der Waals surface area (Å²) >= 11 is 0. The summed E-state index contributed by atoms with van der Waals surface area (Å²) in [6.45, 7) is 0.361. The van der Waals surface area contributed by atoms with Crippen molar-refractivity contribution in [1.29, 1.82) is 0 Å². The Hall–Kier alpha value is -4.06. The summed E-state index contributed by atoms with van der Waals surface area (Å²) in [6, 6.07) is 21.9. The molecule has 2 N–H and O–H groups in total. The van der Waals surface area contributed by atoms with Crippen LogP contribution in [0.2, 0.25) is 0 Å². The van der Waals surface area contributed by atoms with E-state index in [0.29, 0.717) is 23.5 Å². The van der Waals surface area contributed by atoms with Gasteiger partial charge in [-0.2, -0.15) is 0 Å². The van der Waals surface area contributed by atoms with Crippen LogP contribution in [0, 0.1) is 0 Å². The first kappa shape index (κ1) is 19.3. The van der Waals surface area contributed by atoms with Crippen molar-refractivity contribution in [1.82, 2.24) is 5.32 Å². The van der Waals surface area contributed by atoms with Crippen LogP contribution in [0.3, 0.4) is 0 Å². The third kappa shape index (κ3) is 4.33. The van der Waals surface area contributed by atoms with E-state index in [1.807, 2.05) is 54.6 Å². The summed E-state index contributed by atoms with van der Waals surface area (Å²) in [6.07, 6.45) is 1.67. The predicted octanol–water partition coefficient (Wildman–Crippen LogP) is 4.00. The zero-order valence-corrected chi connectivity index (χ0v) is 16.3. The predicted molar refractivity (Wildman–Crippen MR) is 114 cm³/mol. The van der Waals surface area contributed by atoms with E-state index in [0.717, 1.165) is 16.9 Å². The highest BCUT2D eigenvalue weighted by molar-refractivity contribution is 6.09. The maximum atomic E-state index is 12.5. The number of nitrogens with one attached hydrogen (secondary N) is 2. The minimum absolute atomic E-state index is 0.198. The number of methoxy groups -OCH3 is 1. The number of hydrogen-bond donors (Lipinski definition) is 2. The second kappa shape index (κ2) is 8.53. The third-order valence-electron chi connectivity index (χ3n) is 4.62. The molecule has 150 valence electrons. The van der Waals surface area contributed by atoms with Crippen molar-refractivity contribution in [3.8, 4) is 11.5 Å². The molecule has 0 aliphatic carbocycles. The van der Waals surface area contributed by atoms with Gasteiger partial charge < -0.3 is 20.1 Å². The number of fused-ring (bicyclic) bond motifs is 1. The Balaban J connectivity index is 1.46. The molecule has 0 atom stereocenters. The molecule has 6 heteroatoms. The smallest absolute Gasteiger partial charge is 0.291 e. The molecule has 0 fully saturated rings. The highest BCUT2D eigenvalue weighted by Gasteiger charge is 2.23. The number of carbonyl (C=O) groups excluding carboxylic acids is 2. The Labute approximate surface area is 174 Å². The largest absolute Gasteiger partial charge is 0.497 e. The van der Waals surface area contributed by atoms with Gasteiger partial charge in [-0.15, -0.1) is 0 Å². The van der Waals surface area contributed by atoms with Crippen LogP contribution in [0.15, 0.2) is 78.6 Å². The number of rotatable bonds is 5. The molecule has 0 radical (unpaired) electrons. The molecule has 0 saturated carbocycles. The molecule has 0 saturated heterocycles. The lowest BCUT2D eigenvalue weighted by Gasteiger charge is -2.20. The van der Waals surface area contributed by atoms with Gasteiger partial charge in [0.25, 0.3) is 11.8 Å². The van der Waals surface area contributed by atoms with Crippen molar-refractivity contribution in [3.05, 3.63) is 95.2 Å². The number of carbonyl (C=O) groups is 2. The van der Waals surface area contributed by atoms with Crippen molar-refractivity contribution in [3.63, 3.8) is 0 Å². The number of benzene rings is 3. The van der Waals surface area contributed by atoms with E-state index in [1.54, 1.807) is 31.4 Å². The summed E-state index contributed by atoms with van der Waals surface area (Å²) in [4.78, 5) is 24.9. The molecule has 0 aromatic heterocycles. The van der Waals surface area contributed by atoms with Gasteiger partial charge >= 0.3 is 0 Å². The third-order valence-corrected chi connectivity index (χ3v) is 4.62. The first-order chi connectivity index (χ1) is 14.6.